The highest BCUT2D eigenvalue weighted by Gasteiger charge is 2.25. The van der Waals surface area contributed by atoms with Crippen molar-refractivity contribution in [3.8, 4) is 0 Å². The number of hydrogen-bond acceptors (Lipinski definition) is 5. The molecule has 26 heavy (non-hydrogen) atoms. The smallest absolute Gasteiger partial charge is 0.189 e. The van der Waals surface area contributed by atoms with Gasteiger partial charge in [0, 0.05) is 44.1 Å². The van der Waals surface area contributed by atoms with E-state index in [-0.39, 0.29) is 0 Å². The van der Waals surface area contributed by atoms with Crippen LogP contribution in [0.15, 0.2) is 60.1 Å². The summed E-state index contributed by atoms with van der Waals surface area (Å²) in [6.07, 6.45) is 10.2. The second kappa shape index (κ2) is 7.91. The fraction of sp³-hybridized carbons (Fsp3) is 0.350. The average Bonchev–Trinajstić information content (AvgIpc) is 3.17. The molecule has 0 bridgehead atoms. The van der Waals surface area contributed by atoms with Crippen LogP contribution in [0.4, 0.5) is 5.82 Å². The summed E-state index contributed by atoms with van der Waals surface area (Å²) in [4.78, 5) is 16.0. The van der Waals surface area contributed by atoms with E-state index < -0.39 is 0 Å². The normalized spacial score (nSPS) is 17.4. The Labute approximate surface area is 158 Å². The molecule has 0 spiro atoms. The molecule has 1 aliphatic rings. The summed E-state index contributed by atoms with van der Waals surface area (Å²) >= 11 is 1.58. The summed E-state index contributed by atoms with van der Waals surface area (Å²) in [5, 5.41) is 0.829. The molecule has 0 aliphatic carbocycles. The second-order valence-electron chi connectivity index (χ2n) is 6.59. The van der Waals surface area contributed by atoms with E-state index in [1.165, 1.54) is 17.8 Å². The van der Waals surface area contributed by atoms with Crippen LogP contribution < -0.4 is 4.90 Å². The summed E-state index contributed by atoms with van der Waals surface area (Å²) < 4.78 is 2.29. The van der Waals surface area contributed by atoms with Crippen molar-refractivity contribution in [3.05, 3.63) is 66.4 Å². The molecule has 1 atom stereocenters. The number of rotatable bonds is 5. The van der Waals surface area contributed by atoms with Gasteiger partial charge < -0.3 is 9.47 Å². The first kappa shape index (κ1) is 17.1. The van der Waals surface area contributed by atoms with E-state index in [1.807, 2.05) is 24.7 Å². The van der Waals surface area contributed by atoms with Gasteiger partial charge in [0.2, 0.25) is 0 Å². The minimum absolute atomic E-state index is 0.426. The summed E-state index contributed by atoms with van der Waals surface area (Å²) in [5.74, 6) is 2.63. The van der Waals surface area contributed by atoms with Crippen LogP contribution in [0.5, 0.6) is 0 Å². The molecule has 0 radical (unpaired) electrons. The summed E-state index contributed by atoms with van der Waals surface area (Å²) in [5.41, 5.74) is 1.31. The Morgan fingerprint density at radius 2 is 2.00 bits per heavy atom. The van der Waals surface area contributed by atoms with E-state index in [9.17, 15) is 0 Å². The zero-order chi connectivity index (χ0) is 17.8. The maximum absolute atomic E-state index is 4.70. The van der Waals surface area contributed by atoms with Gasteiger partial charge in [0.15, 0.2) is 5.16 Å². The predicted molar refractivity (Wildman–Crippen MR) is 106 cm³/mol. The van der Waals surface area contributed by atoms with Gasteiger partial charge in [0.25, 0.3) is 0 Å². The molecule has 3 aromatic rings. The van der Waals surface area contributed by atoms with E-state index in [4.69, 9.17) is 4.98 Å². The minimum atomic E-state index is 0.426. The lowest BCUT2D eigenvalue weighted by molar-refractivity contribution is 0.473. The fourth-order valence-corrected chi connectivity index (χ4v) is 3.95. The van der Waals surface area contributed by atoms with Gasteiger partial charge in [-0.25, -0.2) is 15.0 Å². The van der Waals surface area contributed by atoms with Gasteiger partial charge in [-0.3, -0.25) is 0 Å². The zero-order valence-corrected chi connectivity index (χ0v) is 15.8. The summed E-state index contributed by atoms with van der Waals surface area (Å²) in [6.45, 7) is 2.87. The highest BCUT2D eigenvalue weighted by molar-refractivity contribution is 7.98. The van der Waals surface area contributed by atoms with Crippen LogP contribution in [-0.4, -0.2) is 38.9 Å². The molecule has 6 heteroatoms. The lowest BCUT2D eigenvalue weighted by Gasteiger charge is -2.33. The highest BCUT2D eigenvalue weighted by Crippen LogP contribution is 2.29. The zero-order valence-electron chi connectivity index (χ0n) is 15.0. The van der Waals surface area contributed by atoms with Crippen LogP contribution >= 0.6 is 11.8 Å². The first-order valence-electron chi connectivity index (χ1n) is 9.00. The predicted octanol–water partition coefficient (Wildman–Crippen LogP) is 3.83. The van der Waals surface area contributed by atoms with Gasteiger partial charge in [-0.1, -0.05) is 42.1 Å². The number of piperidine rings is 1. The third-order valence-electron chi connectivity index (χ3n) is 4.86. The molecule has 2 aromatic heterocycles. The molecular formula is C20H23N5S. The molecule has 3 heterocycles. The van der Waals surface area contributed by atoms with Crippen molar-refractivity contribution in [2.45, 2.75) is 30.5 Å². The van der Waals surface area contributed by atoms with E-state index >= 15 is 0 Å². The number of nitrogens with zero attached hydrogens (tertiary/aromatic N) is 5. The lowest BCUT2D eigenvalue weighted by Crippen LogP contribution is -2.36. The molecule has 1 aliphatic heterocycles. The number of anilines is 1. The maximum atomic E-state index is 4.70. The highest BCUT2D eigenvalue weighted by atomic mass is 32.2. The van der Waals surface area contributed by atoms with Crippen LogP contribution in [0.3, 0.4) is 0 Å². The van der Waals surface area contributed by atoms with Crippen LogP contribution in [-0.2, 0) is 6.54 Å². The Morgan fingerprint density at radius 1 is 1.12 bits per heavy atom. The minimum Gasteiger partial charge on any atom is -0.356 e. The Bertz CT molecular complexity index is 848. The third kappa shape index (κ3) is 3.75. The van der Waals surface area contributed by atoms with Crippen molar-refractivity contribution in [1.82, 2.24) is 19.5 Å². The molecule has 4 rings (SSSR count). The first-order chi connectivity index (χ1) is 12.8. The molecule has 0 saturated carbocycles. The van der Waals surface area contributed by atoms with Crippen LogP contribution in [0, 0.1) is 0 Å². The van der Waals surface area contributed by atoms with Crippen molar-refractivity contribution in [2.24, 2.45) is 0 Å². The molecule has 0 amide bonds. The SMILES string of the molecule is CSc1nccc(N2CCC[C@H](c3nccn3Cc3ccccc3)C2)n1. The van der Waals surface area contributed by atoms with Gasteiger partial charge in [-0.2, -0.15) is 0 Å². The van der Waals surface area contributed by atoms with Gasteiger partial charge in [-0.05, 0) is 30.7 Å². The number of aromatic nitrogens is 4. The van der Waals surface area contributed by atoms with Gasteiger partial charge in [-0.15, -0.1) is 0 Å². The van der Waals surface area contributed by atoms with Crippen molar-refractivity contribution < 1.29 is 0 Å². The topological polar surface area (TPSA) is 46.8 Å². The van der Waals surface area contributed by atoms with E-state index in [1.54, 1.807) is 11.8 Å². The average molecular weight is 366 g/mol. The van der Waals surface area contributed by atoms with Crippen LogP contribution in [0.1, 0.15) is 30.1 Å². The first-order valence-corrected chi connectivity index (χ1v) is 10.2. The van der Waals surface area contributed by atoms with Crippen molar-refractivity contribution in [1.29, 1.82) is 0 Å². The number of hydrogen-bond donors (Lipinski definition) is 0. The molecule has 134 valence electrons. The van der Waals surface area contributed by atoms with E-state index in [2.05, 4.69) is 56.0 Å². The monoisotopic (exact) mass is 365 g/mol. The van der Waals surface area contributed by atoms with E-state index in [0.29, 0.717) is 5.92 Å². The number of thioether (sulfide) groups is 1. The van der Waals surface area contributed by atoms with Crippen molar-refractivity contribution >= 4 is 17.6 Å². The molecule has 0 unspecified atom stereocenters. The Balaban J connectivity index is 1.52. The molecule has 1 saturated heterocycles. The molecule has 5 nitrogen and oxygen atoms in total. The molecule has 0 N–H and O–H groups in total. The third-order valence-corrected chi connectivity index (χ3v) is 5.42. The Kier molecular flexibility index (Phi) is 5.20. The standard InChI is InChI=1S/C20H23N5S/c1-26-20-22-10-9-18(23-20)24-12-5-8-17(15-24)19-21-11-13-25(19)14-16-6-3-2-4-7-16/h2-4,6-7,9-11,13,17H,5,8,12,14-15H2,1H3/t17-/m0/s1. The van der Waals surface area contributed by atoms with Crippen LogP contribution in [0.25, 0.3) is 0 Å². The van der Waals surface area contributed by atoms with Gasteiger partial charge in [0.05, 0.1) is 0 Å². The number of imidazole rings is 1. The van der Waals surface area contributed by atoms with Crippen LogP contribution in [0.2, 0.25) is 0 Å². The van der Waals surface area contributed by atoms with Gasteiger partial charge >= 0.3 is 0 Å². The lowest BCUT2D eigenvalue weighted by atomic mass is 9.97. The Hall–Kier alpha value is -2.34. The number of benzene rings is 1. The maximum Gasteiger partial charge on any atom is 0.189 e. The quantitative estimate of drug-likeness (QED) is 0.508. The largest absolute Gasteiger partial charge is 0.356 e. The van der Waals surface area contributed by atoms with Gasteiger partial charge in [0.1, 0.15) is 11.6 Å². The molecule has 1 aromatic carbocycles. The second-order valence-corrected chi connectivity index (χ2v) is 7.36. The van der Waals surface area contributed by atoms with Crippen molar-refractivity contribution in [3.63, 3.8) is 0 Å². The molecular weight excluding hydrogens is 342 g/mol. The van der Waals surface area contributed by atoms with Crippen molar-refractivity contribution in [2.75, 3.05) is 24.2 Å². The fourth-order valence-electron chi connectivity index (χ4n) is 3.60. The van der Waals surface area contributed by atoms with E-state index in [0.717, 1.165) is 37.0 Å². The Morgan fingerprint density at radius 3 is 2.85 bits per heavy atom. The summed E-state index contributed by atoms with van der Waals surface area (Å²) in [6, 6.07) is 12.6. The molecule has 1 fully saturated rings. The summed E-state index contributed by atoms with van der Waals surface area (Å²) in [7, 11) is 0.